The summed E-state index contributed by atoms with van der Waals surface area (Å²) in [6.45, 7) is 6.23. The van der Waals surface area contributed by atoms with Crippen LogP contribution in [0.15, 0.2) is 12.4 Å². The molecule has 0 aromatic carbocycles. The summed E-state index contributed by atoms with van der Waals surface area (Å²) in [4.78, 5) is 0. The molecule has 1 aromatic rings. The van der Waals surface area contributed by atoms with Gasteiger partial charge in [0, 0.05) is 12.7 Å². The van der Waals surface area contributed by atoms with E-state index in [0.29, 0.717) is 11.0 Å². The van der Waals surface area contributed by atoms with Gasteiger partial charge in [0.05, 0.1) is 11.8 Å². The minimum Gasteiger partial charge on any atom is -0.271 e. The summed E-state index contributed by atoms with van der Waals surface area (Å²) < 4.78 is 2.03. The molecule has 1 heterocycles. The molecule has 5 aliphatic carbocycles. The van der Waals surface area contributed by atoms with Gasteiger partial charge in [-0.25, -0.2) is 0 Å². The summed E-state index contributed by atoms with van der Waals surface area (Å²) in [5, 5.41) is 13.5. The Morgan fingerprint density at radius 2 is 1.80 bits per heavy atom. The van der Waals surface area contributed by atoms with Crippen LogP contribution in [-0.4, -0.2) is 9.78 Å². The van der Waals surface area contributed by atoms with Crippen molar-refractivity contribution in [3.05, 3.63) is 18.0 Å². The number of hydrogen-bond acceptors (Lipinski definition) is 2. The van der Waals surface area contributed by atoms with Crippen molar-refractivity contribution in [2.45, 2.75) is 84.6 Å². The van der Waals surface area contributed by atoms with Crippen LogP contribution in [-0.2, 0) is 6.54 Å². The quantitative estimate of drug-likeness (QED) is 0.592. The van der Waals surface area contributed by atoms with Gasteiger partial charge in [-0.05, 0) is 116 Å². The van der Waals surface area contributed by atoms with Crippen LogP contribution in [0.25, 0.3) is 0 Å². The second-order valence-corrected chi connectivity index (χ2v) is 12.3. The van der Waals surface area contributed by atoms with Gasteiger partial charge < -0.3 is 0 Å². The molecule has 0 bridgehead atoms. The van der Waals surface area contributed by atoms with Gasteiger partial charge in [-0.1, -0.05) is 20.3 Å². The first-order valence-corrected chi connectivity index (χ1v) is 13.0. The van der Waals surface area contributed by atoms with E-state index >= 15 is 0 Å². The van der Waals surface area contributed by atoms with Crippen LogP contribution in [0, 0.1) is 70.0 Å². The van der Waals surface area contributed by atoms with Crippen LogP contribution in [0.4, 0.5) is 0 Å². The number of hydrogen-bond donors (Lipinski definition) is 0. The highest BCUT2D eigenvalue weighted by Gasteiger charge is 2.61. The van der Waals surface area contributed by atoms with Crippen molar-refractivity contribution in [2.75, 3.05) is 0 Å². The summed E-state index contributed by atoms with van der Waals surface area (Å²) in [6.07, 6.45) is 18.7. The van der Waals surface area contributed by atoms with Crippen LogP contribution in [0.3, 0.4) is 0 Å². The predicted molar refractivity (Wildman–Crippen MR) is 118 cm³/mol. The maximum atomic E-state index is 9.07. The van der Waals surface area contributed by atoms with Crippen LogP contribution in [0.5, 0.6) is 0 Å². The van der Waals surface area contributed by atoms with E-state index in [1.165, 1.54) is 44.9 Å². The SMILES string of the molecule is CC1CCC2C(CCC3C2CCC2(C)C(C4CC4Cn4cc(C#N)cn4)CCC32)C1. The Hall–Kier alpha value is -1.30. The van der Waals surface area contributed by atoms with E-state index in [1.807, 2.05) is 10.9 Å². The second kappa shape index (κ2) is 7.11. The summed E-state index contributed by atoms with van der Waals surface area (Å²) in [7, 11) is 0. The minimum atomic E-state index is 0.608. The highest BCUT2D eigenvalue weighted by atomic mass is 15.3. The third kappa shape index (κ3) is 3.00. The average Bonchev–Trinajstić information content (AvgIpc) is 3.17. The average molecular weight is 406 g/mol. The normalized spacial score (nSPS) is 49.6. The van der Waals surface area contributed by atoms with Gasteiger partial charge in [0.2, 0.25) is 0 Å². The predicted octanol–water partition coefficient (Wildman–Crippen LogP) is 6.30. The lowest BCUT2D eigenvalue weighted by atomic mass is 9.49. The van der Waals surface area contributed by atoms with E-state index in [1.54, 1.807) is 25.5 Å². The van der Waals surface area contributed by atoms with Crippen molar-refractivity contribution in [3.8, 4) is 6.07 Å². The summed E-state index contributed by atoms with van der Waals surface area (Å²) in [5.41, 5.74) is 1.31. The van der Waals surface area contributed by atoms with Gasteiger partial charge in [0.1, 0.15) is 6.07 Å². The third-order valence-electron chi connectivity index (χ3n) is 11.0. The number of rotatable bonds is 3. The molecule has 3 nitrogen and oxygen atoms in total. The first-order valence-electron chi connectivity index (χ1n) is 13.0. The Bertz CT molecular complexity index is 835. The van der Waals surface area contributed by atoms with E-state index in [-0.39, 0.29) is 0 Å². The van der Waals surface area contributed by atoms with E-state index in [2.05, 4.69) is 25.0 Å². The molecule has 3 heteroatoms. The maximum absolute atomic E-state index is 9.07. The molecule has 1 aromatic heterocycles. The molecule has 0 spiro atoms. The fourth-order valence-electron chi connectivity index (χ4n) is 9.57. The van der Waals surface area contributed by atoms with E-state index in [0.717, 1.165) is 59.8 Å². The molecule has 5 aliphatic rings. The van der Waals surface area contributed by atoms with Crippen LogP contribution in [0.1, 0.15) is 83.6 Å². The number of aromatic nitrogens is 2. The van der Waals surface area contributed by atoms with Gasteiger partial charge in [0.25, 0.3) is 0 Å². The van der Waals surface area contributed by atoms with Gasteiger partial charge in [-0.15, -0.1) is 0 Å². The van der Waals surface area contributed by atoms with E-state index in [9.17, 15) is 0 Å². The summed E-state index contributed by atoms with van der Waals surface area (Å²) in [5.74, 6) is 8.91. The zero-order valence-corrected chi connectivity index (χ0v) is 19.0. The van der Waals surface area contributed by atoms with E-state index < -0.39 is 0 Å². The lowest BCUT2D eigenvalue weighted by Gasteiger charge is -2.56. The standard InChI is InChI=1S/C27H39N3/c1-17-3-5-21-19(11-17)4-6-23-22(21)9-10-27(2)25(23)7-8-26(27)24-12-20(24)16-30-15-18(13-28)14-29-30/h14-15,17,19-26H,3-12,16H2,1-2H3. The van der Waals surface area contributed by atoms with E-state index in [4.69, 9.17) is 5.26 Å². The number of fused-ring (bicyclic) bond motifs is 5. The molecule has 5 saturated carbocycles. The number of nitriles is 1. The van der Waals surface area contributed by atoms with Gasteiger partial charge in [-0.3, -0.25) is 4.68 Å². The molecule has 0 N–H and O–H groups in total. The Morgan fingerprint density at radius 3 is 2.60 bits per heavy atom. The largest absolute Gasteiger partial charge is 0.271 e. The Labute approximate surface area is 182 Å². The highest BCUT2D eigenvalue weighted by molar-refractivity contribution is 5.21. The molecule has 10 unspecified atom stereocenters. The zero-order valence-electron chi connectivity index (χ0n) is 19.0. The third-order valence-corrected chi connectivity index (χ3v) is 11.0. The molecule has 6 rings (SSSR count). The van der Waals surface area contributed by atoms with Gasteiger partial charge in [0.15, 0.2) is 0 Å². The second-order valence-electron chi connectivity index (χ2n) is 12.3. The number of nitrogens with zero attached hydrogens (tertiary/aromatic N) is 3. The van der Waals surface area contributed by atoms with Crippen molar-refractivity contribution in [2.24, 2.45) is 58.7 Å². The lowest BCUT2D eigenvalue weighted by Crippen LogP contribution is -2.48. The lowest BCUT2D eigenvalue weighted by molar-refractivity contribution is -0.0699. The zero-order chi connectivity index (χ0) is 20.5. The first kappa shape index (κ1) is 19.4. The van der Waals surface area contributed by atoms with Gasteiger partial charge in [-0.2, -0.15) is 10.4 Å². The molecule has 0 radical (unpaired) electrons. The Balaban J connectivity index is 1.14. The molecule has 0 saturated heterocycles. The Morgan fingerprint density at radius 1 is 1.00 bits per heavy atom. The Kier molecular flexibility index (Phi) is 4.60. The fraction of sp³-hybridized carbons (Fsp3) is 0.852. The maximum Gasteiger partial charge on any atom is 0.102 e. The van der Waals surface area contributed by atoms with Crippen molar-refractivity contribution < 1.29 is 0 Å². The van der Waals surface area contributed by atoms with Crippen molar-refractivity contribution >= 4 is 0 Å². The van der Waals surface area contributed by atoms with Crippen molar-refractivity contribution in [1.29, 1.82) is 5.26 Å². The molecular weight excluding hydrogens is 366 g/mol. The molecule has 162 valence electrons. The minimum absolute atomic E-state index is 0.608. The van der Waals surface area contributed by atoms with Crippen LogP contribution >= 0.6 is 0 Å². The smallest absolute Gasteiger partial charge is 0.102 e. The monoisotopic (exact) mass is 405 g/mol. The highest BCUT2D eigenvalue weighted by Crippen LogP contribution is 2.68. The first-order chi connectivity index (χ1) is 14.6. The van der Waals surface area contributed by atoms with Gasteiger partial charge >= 0.3 is 0 Å². The summed E-state index contributed by atoms with van der Waals surface area (Å²) >= 11 is 0. The van der Waals surface area contributed by atoms with Crippen molar-refractivity contribution in [3.63, 3.8) is 0 Å². The molecule has 30 heavy (non-hydrogen) atoms. The molecule has 0 amide bonds. The van der Waals surface area contributed by atoms with Crippen LogP contribution < -0.4 is 0 Å². The molecule has 10 atom stereocenters. The van der Waals surface area contributed by atoms with Crippen molar-refractivity contribution in [1.82, 2.24) is 9.78 Å². The fourth-order valence-corrected chi connectivity index (χ4v) is 9.57. The molecule has 0 aliphatic heterocycles. The molecule has 5 fully saturated rings. The molecular formula is C27H39N3. The topological polar surface area (TPSA) is 41.6 Å². The van der Waals surface area contributed by atoms with Crippen LogP contribution in [0.2, 0.25) is 0 Å². The summed E-state index contributed by atoms with van der Waals surface area (Å²) in [6, 6.07) is 2.22.